The number of hydrogen-bond acceptors (Lipinski definition) is 4. The van der Waals surface area contributed by atoms with Crippen molar-refractivity contribution in [2.75, 3.05) is 20.2 Å². The molecule has 29 heavy (non-hydrogen) atoms. The predicted molar refractivity (Wildman–Crippen MR) is 108 cm³/mol. The van der Waals surface area contributed by atoms with E-state index in [1.165, 1.54) is 11.6 Å². The van der Waals surface area contributed by atoms with Crippen molar-refractivity contribution in [1.29, 1.82) is 0 Å². The molecule has 3 heterocycles. The van der Waals surface area contributed by atoms with Gasteiger partial charge in [-0.1, -0.05) is 24.3 Å². The third-order valence-corrected chi connectivity index (χ3v) is 5.97. The number of imidazole rings is 1. The van der Waals surface area contributed by atoms with Crippen LogP contribution in [0.2, 0.25) is 0 Å². The molecule has 0 bridgehead atoms. The van der Waals surface area contributed by atoms with Crippen LogP contribution in [-0.4, -0.2) is 40.3 Å². The second-order valence-electron chi connectivity index (χ2n) is 7.94. The first-order valence-corrected chi connectivity index (χ1v) is 9.94. The van der Waals surface area contributed by atoms with Crippen LogP contribution in [0.3, 0.4) is 0 Å². The van der Waals surface area contributed by atoms with Crippen LogP contribution in [0.25, 0.3) is 11.3 Å². The molecule has 150 valence electrons. The van der Waals surface area contributed by atoms with Gasteiger partial charge in [0.05, 0.1) is 25.5 Å². The van der Waals surface area contributed by atoms with Crippen LogP contribution in [0.1, 0.15) is 17.8 Å². The zero-order chi connectivity index (χ0) is 19.8. The summed E-state index contributed by atoms with van der Waals surface area (Å²) in [6.45, 7) is 3.99. The first kappa shape index (κ1) is 18.3. The zero-order valence-corrected chi connectivity index (χ0v) is 16.5. The number of fused-ring (bicyclic) bond motifs is 1. The third-order valence-electron chi connectivity index (χ3n) is 5.97. The molecule has 6 heteroatoms. The molecule has 1 atom stereocenters. The quantitative estimate of drug-likeness (QED) is 0.675. The van der Waals surface area contributed by atoms with Crippen molar-refractivity contribution in [1.82, 2.24) is 14.5 Å². The first-order chi connectivity index (χ1) is 14.1. The average molecular weight is 393 g/mol. The van der Waals surface area contributed by atoms with E-state index in [1.54, 1.807) is 19.2 Å². The maximum atomic E-state index is 13.7. The van der Waals surface area contributed by atoms with Crippen molar-refractivity contribution < 1.29 is 13.9 Å². The molecule has 0 radical (unpaired) electrons. The largest absolute Gasteiger partial charge is 0.497 e. The molecule has 0 aliphatic carbocycles. The Balaban J connectivity index is 1.33. The molecular formula is C23H24FN3O2. The van der Waals surface area contributed by atoms with Gasteiger partial charge in [-0.15, -0.1) is 0 Å². The van der Waals surface area contributed by atoms with Gasteiger partial charge in [0.15, 0.2) is 0 Å². The Labute approximate surface area is 169 Å². The van der Waals surface area contributed by atoms with E-state index in [2.05, 4.69) is 26.6 Å². The Kier molecular flexibility index (Phi) is 4.60. The highest BCUT2D eigenvalue weighted by Crippen LogP contribution is 2.35. The summed E-state index contributed by atoms with van der Waals surface area (Å²) in [6.07, 6.45) is 2.81. The number of benzene rings is 2. The zero-order valence-electron chi connectivity index (χ0n) is 16.5. The van der Waals surface area contributed by atoms with Gasteiger partial charge in [-0.25, -0.2) is 9.37 Å². The molecule has 2 aromatic carbocycles. The Morgan fingerprint density at radius 2 is 2.03 bits per heavy atom. The van der Waals surface area contributed by atoms with Crippen LogP contribution in [-0.2, 0) is 24.4 Å². The summed E-state index contributed by atoms with van der Waals surface area (Å²) in [7, 11) is 1.68. The molecule has 5 nitrogen and oxygen atoms in total. The normalized spacial score (nSPS) is 21.4. The fraction of sp³-hybridized carbons (Fsp3) is 0.348. The molecule has 1 spiro atoms. The van der Waals surface area contributed by atoms with E-state index >= 15 is 0 Å². The second kappa shape index (κ2) is 7.28. The van der Waals surface area contributed by atoms with Crippen molar-refractivity contribution in [2.24, 2.45) is 0 Å². The lowest BCUT2D eigenvalue weighted by atomic mass is 10.0. The summed E-state index contributed by atoms with van der Waals surface area (Å²) in [4.78, 5) is 6.95. The number of ether oxygens (including phenoxy) is 2. The van der Waals surface area contributed by atoms with Gasteiger partial charge < -0.3 is 14.0 Å². The van der Waals surface area contributed by atoms with Crippen molar-refractivity contribution in [3.05, 3.63) is 71.9 Å². The van der Waals surface area contributed by atoms with E-state index < -0.39 is 0 Å². The number of likely N-dealkylation sites (tertiary alicyclic amines) is 1. The first-order valence-electron chi connectivity index (χ1n) is 9.94. The summed E-state index contributed by atoms with van der Waals surface area (Å²) < 4.78 is 27.5. The molecule has 0 saturated carbocycles. The maximum absolute atomic E-state index is 13.7. The van der Waals surface area contributed by atoms with Crippen molar-refractivity contribution in [3.63, 3.8) is 0 Å². The Morgan fingerprint density at radius 3 is 2.83 bits per heavy atom. The minimum Gasteiger partial charge on any atom is -0.497 e. The van der Waals surface area contributed by atoms with Gasteiger partial charge in [0.25, 0.3) is 0 Å². The summed E-state index contributed by atoms with van der Waals surface area (Å²) in [5.41, 5.74) is 2.86. The van der Waals surface area contributed by atoms with Gasteiger partial charge in [-0.05, 0) is 36.2 Å². The van der Waals surface area contributed by atoms with Crippen LogP contribution in [0.5, 0.6) is 5.75 Å². The highest BCUT2D eigenvalue weighted by molar-refractivity contribution is 5.59. The van der Waals surface area contributed by atoms with Crippen molar-refractivity contribution >= 4 is 0 Å². The highest BCUT2D eigenvalue weighted by Gasteiger charge is 2.43. The second-order valence-corrected chi connectivity index (χ2v) is 7.94. The van der Waals surface area contributed by atoms with Crippen LogP contribution in [0.4, 0.5) is 4.39 Å². The lowest BCUT2D eigenvalue weighted by Gasteiger charge is -2.35. The number of rotatable bonds is 4. The average Bonchev–Trinajstić information content (AvgIpc) is 3.33. The minimum atomic E-state index is -0.230. The lowest BCUT2D eigenvalue weighted by Crippen LogP contribution is -2.44. The molecule has 0 unspecified atom stereocenters. The van der Waals surface area contributed by atoms with E-state index in [0.29, 0.717) is 6.61 Å². The summed E-state index contributed by atoms with van der Waals surface area (Å²) in [5, 5.41) is 0. The van der Waals surface area contributed by atoms with Crippen molar-refractivity contribution in [3.8, 4) is 17.0 Å². The van der Waals surface area contributed by atoms with Gasteiger partial charge in [0, 0.05) is 25.2 Å². The molecule has 1 saturated heterocycles. The molecule has 3 aromatic rings. The molecule has 1 aromatic heterocycles. The predicted octanol–water partition coefficient (Wildman–Crippen LogP) is 3.87. The van der Waals surface area contributed by atoms with Gasteiger partial charge in [-0.3, -0.25) is 4.90 Å². The van der Waals surface area contributed by atoms with E-state index in [1.807, 2.05) is 24.4 Å². The lowest BCUT2D eigenvalue weighted by molar-refractivity contribution is -0.0821. The van der Waals surface area contributed by atoms with Gasteiger partial charge >= 0.3 is 0 Å². The number of nitrogens with zero attached hydrogens (tertiary/aromatic N) is 3. The fourth-order valence-corrected chi connectivity index (χ4v) is 4.43. The number of hydrogen-bond donors (Lipinski definition) is 0. The number of halogens is 1. The highest BCUT2D eigenvalue weighted by atomic mass is 19.1. The fourth-order valence-electron chi connectivity index (χ4n) is 4.43. The third kappa shape index (κ3) is 3.54. The Morgan fingerprint density at radius 1 is 1.17 bits per heavy atom. The van der Waals surface area contributed by atoms with Crippen molar-refractivity contribution in [2.45, 2.75) is 31.7 Å². The Bertz CT molecular complexity index is 1020. The summed E-state index contributed by atoms with van der Waals surface area (Å²) >= 11 is 0. The number of methoxy groups -OCH3 is 1. The SMILES string of the molecule is COc1ccc(CN2CC[C@]3(C2)Cn2c(-c4cccc(F)c4)cnc2CO3)cc1. The summed E-state index contributed by atoms with van der Waals surface area (Å²) in [5.74, 6) is 1.55. The smallest absolute Gasteiger partial charge is 0.135 e. The van der Waals surface area contributed by atoms with Crippen LogP contribution in [0.15, 0.2) is 54.7 Å². The van der Waals surface area contributed by atoms with Gasteiger partial charge in [0.1, 0.15) is 29.6 Å². The molecule has 2 aliphatic heterocycles. The minimum absolute atomic E-state index is 0.220. The van der Waals surface area contributed by atoms with E-state index in [0.717, 1.165) is 55.4 Å². The standard InChI is InChI=1S/C23H24FN3O2/c1-28-20-7-5-17(6-8-20)13-26-10-9-23(15-26)16-27-21(12-25-22(27)14-29-23)18-3-2-4-19(24)11-18/h2-8,11-12H,9-10,13-16H2,1H3/t23-/m0/s1. The molecule has 2 aliphatic rings. The van der Waals surface area contributed by atoms with Crippen LogP contribution >= 0.6 is 0 Å². The maximum Gasteiger partial charge on any atom is 0.135 e. The molecule has 5 rings (SSSR count). The Hall–Kier alpha value is -2.70. The van der Waals surface area contributed by atoms with Crippen LogP contribution in [0, 0.1) is 5.82 Å². The topological polar surface area (TPSA) is 39.5 Å². The molecule has 0 N–H and O–H groups in total. The number of aromatic nitrogens is 2. The molecular weight excluding hydrogens is 369 g/mol. The van der Waals surface area contributed by atoms with Gasteiger partial charge in [-0.2, -0.15) is 0 Å². The van der Waals surface area contributed by atoms with Gasteiger partial charge in [0.2, 0.25) is 0 Å². The molecule has 0 amide bonds. The molecule has 1 fully saturated rings. The van der Waals surface area contributed by atoms with E-state index in [4.69, 9.17) is 9.47 Å². The van der Waals surface area contributed by atoms with E-state index in [9.17, 15) is 4.39 Å². The van der Waals surface area contributed by atoms with E-state index in [-0.39, 0.29) is 11.4 Å². The monoisotopic (exact) mass is 393 g/mol. The van der Waals surface area contributed by atoms with Crippen LogP contribution < -0.4 is 4.74 Å². The summed E-state index contributed by atoms with van der Waals surface area (Å²) in [6, 6.07) is 14.9.